The lowest BCUT2D eigenvalue weighted by molar-refractivity contribution is 0.184. The van der Waals surface area contributed by atoms with E-state index in [2.05, 4.69) is 37.4 Å². The first-order chi connectivity index (χ1) is 8.72. The van der Waals surface area contributed by atoms with Crippen LogP contribution in [0.4, 0.5) is 0 Å². The largest absolute Gasteiger partial charge is 0.380 e. The molecule has 0 bridgehead atoms. The molecule has 0 aromatic heterocycles. The summed E-state index contributed by atoms with van der Waals surface area (Å²) in [4.78, 5) is 0. The fourth-order valence-electron chi connectivity index (χ4n) is 3.30. The third-order valence-corrected chi connectivity index (χ3v) is 4.41. The summed E-state index contributed by atoms with van der Waals surface area (Å²) in [7, 11) is 1.75. The van der Waals surface area contributed by atoms with Crippen LogP contribution in [0.3, 0.4) is 0 Å². The third-order valence-electron chi connectivity index (χ3n) is 4.41. The van der Waals surface area contributed by atoms with Gasteiger partial charge in [-0.15, -0.1) is 0 Å². The van der Waals surface area contributed by atoms with E-state index in [-0.39, 0.29) is 0 Å². The van der Waals surface area contributed by atoms with Crippen molar-refractivity contribution in [3.63, 3.8) is 0 Å². The molecule has 0 unspecified atom stereocenters. The number of rotatable bonds is 4. The zero-order chi connectivity index (χ0) is 13.0. The van der Waals surface area contributed by atoms with Crippen molar-refractivity contribution in [2.45, 2.75) is 45.1 Å². The molecule has 1 aliphatic rings. The van der Waals surface area contributed by atoms with Crippen LogP contribution in [0.15, 0.2) is 18.2 Å². The minimum absolute atomic E-state index is 0.390. The van der Waals surface area contributed by atoms with Crippen LogP contribution in [-0.4, -0.2) is 20.2 Å². The average molecular weight is 247 g/mol. The minimum atomic E-state index is 0.390. The number of aryl methyl sites for hydroxylation is 1. The highest BCUT2D eigenvalue weighted by molar-refractivity contribution is 5.37. The van der Waals surface area contributed by atoms with Gasteiger partial charge < -0.3 is 10.1 Å². The molecule has 0 saturated carbocycles. The van der Waals surface area contributed by atoms with Gasteiger partial charge in [0.15, 0.2) is 0 Å². The van der Waals surface area contributed by atoms with E-state index >= 15 is 0 Å². The molecule has 2 rings (SSSR count). The van der Waals surface area contributed by atoms with Crippen molar-refractivity contribution >= 4 is 0 Å². The summed E-state index contributed by atoms with van der Waals surface area (Å²) in [6.07, 6.45) is 3.75. The van der Waals surface area contributed by atoms with Gasteiger partial charge in [-0.25, -0.2) is 0 Å². The molecule has 1 saturated heterocycles. The van der Waals surface area contributed by atoms with Crippen molar-refractivity contribution in [1.82, 2.24) is 5.32 Å². The van der Waals surface area contributed by atoms with E-state index in [1.165, 1.54) is 30.4 Å². The lowest BCUT2D eigenvalue weighted by Crippen LogP contribution is -2.39. The number of hydrogen-bond acceptors (Lipinski definition) is 2. The third kappa shape index (κ3) is 2.60. The second-order valence-electron chi connectivity index (χ2n) is 5.47. The van der Waals surface area contributed by atoms with Gasteiger partial charge in [-0.1, -0.05) is 25.1 Å². The van der Waals surface area contributed by atoms with Crippen LogP contribution >= 0.6 is 0 Å². The number of hydrogen-bond donors (Lipinski definition) is 1. The highest BCUT2D eigenvalue weighted by atomic mass is 16.5. The molecule has 0 radical (unpaired) electrons. The predicted molar refractivity (Wildman–Crippen MR) is 76.0 cm³/mol. The number of nitrogens with one attached hydrogen (secondary N) is 1. The Bertz CT molecular complexity index is 394. The second kappa shape index (κ2) is 5.85. The van der Waals surface area contributed by atoms with Gasteiger partial charge in [0.05, 0.1) is 6.61 Å². The molecule has 0 atom stereocenters. The molecular formula is C16H25NO. The smallest absolute Gasteiger partial charge is 0.0713 e. The van der Waals surface area contributed by atoms with E-state index in [1.54, 1.807) is 12.7 Å². The van der Waals surface area contributed by atoms with Gasteiger partial charge >= 0.3 is 0 Å². The summed E-state index contributed by atoms with van der Waals surface area (Å²) in [5.74, 6) is 0. The van der Waals surface area contributed by atoms with Crippen molar-refractivity contribution < 1.29 is 4.74 Å². The summed E-state index contributed by atoms with van der Waals surface area (Å²) >= 11 is 0. The summed E-state index contributed by atoms with van der Waals surface area (Å²) in [5, 5.41) is 3.47. The lowest BCUT2D eigenvalue weighted by Gasteiger charge is -2.38. The fourth-order valence-corrected chi connectivity index (χ4v) is 3.30. The second-order valence-corrected chi connectivity index (χ2v) is 5.47. The highest BCUT2D eigenvalue weighted by Gasteiger charge is 2.32. The Hall–Kier alpha value is -0.860. The van der Waals surface area contributed by atoms with Gasteiger partial charge in [0, 0.05) is 7.11 Å². The quantitative estimate of drug-likeness (QED) is 0.882. The first-order valence-corrected chi connectivity index (χ1v) is 7.01. The van der Waals surface area contributed by atoms with E-state index < -0.39 is 0 Å². The monoisotopic (exact) mass is 247 g/mol. The number of benzene rings is 1. The van der Waals surface area contributed by atoms with E-state index in [0.717, 1.165) is 13.1 Å². The number of ether oxygens (including phenoxy) is 1. The van der Waals surface area contributed by atoms with Gasteiger partial charge in [0.2, 0.25) is 0 Å². The van der Waals surface area contributed by atoms with Gasteiger partial charge in [0.25, 0.3) is 0 Å². The topological polar surface area (TPSA) is 21.3 Å². The SMILES string of the molecule is CCC1(c2ccc(COC)cc2C)CCNCC1. The predicted octanol–water partition coefficient (Wildman–Crippen LogP) is 3.17. The molecule has 100 valence electrons. The first-order valence-electron chi connectivity index (χ1n) is 7.01. The Morgan fingerprint density at radius 2 is 2.00 bits per heavy atom. The Morgan fingerprint density at radius 3 is 2.56 bits per heavy atom. The average Bonchev–Trinajstić information content (AvgIpc) is 2.40. The van der Waals surface area contributed by atoms with E-state index in [1.807, 2.05) is 0 Å². The Kier molecular flexibility index (Phi) is 4.41. The molecule has 1 aromatic carbocycles. The fraction of sp³-hybridized carbons (Fsp3) is 0.625. The van der Waals surface area contributed by atoms with E-state index in [4.69, 9.17) is 4.74 Å². The van der Waals surface area contributed by atoms with Crippen LogP contribution < -0.4 is 5.32 Å². The number of methoxy groups -OCH3 is 1. The normalized spacial score (nSPS) is 18.8. The van der Waals surface area contributed by atoms with Crippen molar-refractivity contribution in [3.05, 3.63) is 34.9 Å². The van der Waals surface area contributed by atoms with Crippen LogP contribution in [0.1, 0.15) is 42.9 Å². The molecule has 1 aliphatic heterocycles. The Labute approximate surface area is 111 Å². The Balaban J connectivity index is 2.30. The molecule has 1 heterocycles. The highest BCUT2D eigenvalue weighted by Crippen LogP contribution is 2.38. The molecule has 2 heteroatoms. The summed E-state index contributed by atoms with van der Waals surface area (Å²) in [6, 6.07) is 6.85. The van der Waals surface area contributed by atoms with E-state index in [9.17, 15) is 0 Å². The van der Waals surface area contributed by atoms with Crippen LogP contribution in [-0.2, 0) is 16.8 Å². The molecule has 0 spiro atoms. The van der Waals surface area contributed by atoms with Crippen molar-refractivity contribution in [1.29, 1.82) is 0 Å². The van der Waals surface area contributed by atoms with Crippen LogP contribution in [0.2, 0.25) is 0 Å². The number of piperidine rings is 1. The Morgan fingerprint density at radius 1 is 1.28 bits per heavy atom. The zero-order valence-corrected chi connectivity index (χ0v) is 11.9. The van der Waals surface area contributed by atoms with E-state index in [0.29, 0.717) is 12.0 Å². The van der Waals surface area contributed by atoms with Gasteiger partial charge in [-0.3, -0.25) is 0 Å². The molecule has 0 aliphatic carbocycles. The van der Waals surface area contributed by atoms with Gasteiger partial charge in [-0.2, -0.15) is 0 Å². The maximum atomic E-state index is 5.21. The van der Waals surface area contributed by atoms with Crippen molar-refractivity contribution in [2.24, 2.45) is 0 Å². The molecule has 1 aromatic rings. The van der Waals surface area contributed by atoms with Crippen molar-refractivity contribution in [3.8, 4) is 0 Å². The molecule has 2 nitrogen and oxygen atoms in total. The zero-order valence-electron chi connectivity index (χ0n) is 11.9. The lowest BCUT2D eigenvalue weighted by atomic mass is 9.70. The molecule has 0 amide bonds. The summed E-state index contributed by atoms with van der Waals surface area (Å²) < 4.78 is 5.21. The molecule has 1 fully saturated rings. The first kappa shape index (κ1) is 13.6. The maximum absolute atomic E-state index is 5.21. The maximum Gasteiger partial charge on any atom is 0.0713 e. The standard InChI is InChI=1S/C16H25NO/c1-4-16(7-9-17-10-8-16)15-6-5-14(12-18-3)11-13(15)2/h5-6,11,17H,4,7-10,12H2,1-3H3. The summed E-state index contributed by atoms with van der Waals surface area (Å²) in [6.45, 7) is 7.57. The molecule has 18 heavy (non-hydrogen) atoms. The van der Waals surface area contributed by atoms with Gasteiger partial charge in [0.1, 0.15) is 0 Å². The molecule has 1 N–H and O–H groups in total. The van der Waals surface area contributed by atoms with Gasteiger partial charge in [-0.05, 0) is 61.4 Å². The van der Waals surface area contributed by atoms with Crippen molar-refractivity contribution in [2.75, 3.05) is 20.2 Å². The van der Waals surface area contributed by atoms with Crippen LogP contribution in [0.25, 0.3) is 0 Å². The summed E-state index contributed by atoms with van der Waals surface area (Å²) in [5.41, 5.74) is 4.64. The molecular weight excluding hydrogens is 222 g/mol. The van der Waals surface area contributed by atoms with Crippen LogP contribution in [0.5, 0.6) is 0 Å². The minimum Gasteiger partial charge on any atom is -0.380 e. The van der Waals surface area contributed by atoms with Crippen LogP contribution in [0, 0.1) is 6.92 Å².